The number of furan rings is 1. The molecule has 1 amide bonds. The summed E-state index contributed by atoms with van der Waals surface area (Å²) in [4.78, 5) is 27.9. The van der Waals surface area contributed by atoms with Crippen LogP contribution in [0.4, 0.5) is 5.69 Å². The van der Waals surface area contributed by atoms with Gasteiger partial charge in [-0.25, -0.2) is 4.79 Å². The lowest BCUT2D eigenvalue weighted by molar-refractivity contribution is -0.148. The summed E-state index contributed by atoms with van der Waals surface area (Å²) >= 11 is 0. The average Bonchev–Trinajstić information content (AvgIpc) is 3.10. The van der Waals surface area contributed by atoms with Crippen LogP contribution in [-0.4, -0.2) is 49.6 Å². The van der Waals surface area contributed by atoms with Crippen LogP contribution in [0.2, 0.25) is 0 Å². The topological polar surface area (TPSA) is 63.0 Å². The third-order valence-corrected chi connectivity index (χ3v) is 4.24. The highest BCUT2D eigenvalue weighted by molar-refractivity contribution is 5.89. The smallest absolute Gasteiger partial charge is 0.331 e. The SMILES string of the molecule is Cc1ccc(/C=C/C(=O)OCC(=O)N2CCN(c3ccccc3)CC2)o1. The van der Waals surface area contributed by atoms with E-state index >= 15 is 0 Å². The van der Waals surface area contributed by atoms with Gasteiger partial charge in [0.2, 0.25) is 0 Å². The van der Waals surface area contributed by atoms with Gasteiger partial charge in [-0.2, -0.15) is 0 Å². The molecule has 0 saturated carbocycles. The van der Waals surface area contributed by atoms with E-state index in [1.165, 1.54) is 12.2 Å². The molecule has 6 heteroatoms. The Morgan fingerprint density at radius 2 is 1.81 bits per heavy atom. The average molecular weight is 354 g/mol. The van der Waals surface area contributed by atoms with E-state index in [9.17, 15) is 9.59 Å². The highest BCUT2D eigenvalue weighted by atomic mass is 16.5. The van der Waals surface area contributed by atoms with Gasteiger partial charge in [-0.05, 0) is 37.3 Å². The number of rotatable bonds is 5. The number of aryl methyl sites for hydroxylation is 1. The summed E-state index contributed by atoms with van der Waals surface area (Å²) in [6.07, 6.45) is 2.79. The minimum Gasteiger partial charge on any atom is -0.462 e. The quantitative estimate of drug-likeness (QED) is 0.610. The molecule has 136 valence electrons. The fourth-order valence-electron chi connectivity index (χ4n) is 2.82. The van der Waals surface area contributed by atoms with E-state index < -0.39 is 5.97 Å². The van der Waals surface area contributed by atoms with Gasteiger partial charge < -0.3 is 19.0 Å². The van der Waals surface area contributed by atoms with Crippen molar-refractivity contribution in [1.82, 2.24) is 4.90 Å². The Kier molecular flexibility index (Phi) is 5.73. The number of ether oxygens (including phenoxy) is 1. The van der Waals surface area contributed by atoms with Gasteiger partial charge in [0.05, 0.1) is 0 Å². The molecule has 0 atom stereocenters. The van der Waals surface area contributed by atoms with Gasteiger partial charge in [0.1, 0.15) is 11.5 Å². The lowest BCUT2D eigenvalue weighted by atomic mass is 10.2. The Labute approximate surface area is 152 Å². The molecule has 26 heavy (non-hydrogen) atoms. The molecule has 1 aliphatic rings. The van der Waals surface area contributed by atoms with Crippen molar-refractivity contribution in [1.29, 1.82) is 0 Å². The van der Waals surface area contributed by atoms with Crippen LogP contribution in [0.3, 0.4) is 0 Å². The lowest BCUT2D eigenvalue weighted by Crippen LogP contribution is -2.49. The first-order valence-electron chi connectivity index (χ1n) is 8.61. The first-order valence-corrected chi connectivity index (χ1v) is 8.61. The lowest BCUT2D eigenvalue weighted by Gasteiger charge is -2.36. The fraction of sp³-hybridized carbons (Fsp3) is 0.300. The Morgan fingerprint density at radius 1 is 1.08 bits per heavy atom. The molecule has 1 fully saturated rings. The van der Waals surface area contributed by atoms with Crippen LogP contribution >= 0.6 is 0 Å². The number of carbonyl (C=O) groups is 2. The van der Waals surface area contributed by atoms with Gasteiger partial charge in [0, 0.05) is 37.9 Å². The zero-order valence-electron chi connectivity index (χ0n) is 14.8. The summed E-state index contributed by atoms with van der Waals surface area (Å²) in [5, 5.41) is 0. The standard InChI is InChI=1S/C20H22N2O4/c1-16-7-8-18(26-16)9-10-20(24)25-15-19(23)22-13-11-21(12-14-22)17-5-3-2-4-6-17/h2-10H,11-15H2,1H3/b10-9+. The monoisotopic (exact) mass is 354 g/mol. The first-order chi connectivity index (χ1) is 12.6. The molecule has 0 unspecified atom stereocenters. The van der Waals surface area contributed by atoms with E-state index in [-0.39, 0.29) is 12.5 Å². The fourth-order valence-corrected chi connectivity index (χ4v) is 2.82. The molecule has 6 nitrogen and oxygen atoms in total. The van der Waals surface area contributed by atoms with E-state index in [1.54, 1.807) is 11.0 Å². The largest absolute Gasteiger partial charge is 0.462 e. The van der Waals surface area contributed by atoms with Crippen LogP contribution in [0.1, 0.15) is 11.5 Å². The number of anilines is 1. The third kappa shape index (κ3) is 4.75. The van der Waals surface area contributed by atoms with Gasteiger partial charge in [-0.1, -0.05) is 18.2 Å². The molecule has 2 aromatic rings. The Balaban J connectivity index is 1.41. The number of amides is 1. The van der Waals surface area contributed by atoms with Crippen molar-refractivity contribution in [3.8, 4) is 0 Å². The van der Waals surface area contributed by atoms with Crippen molar-refractivity contribution in [2.75, 3.05) is 37.7 Å². The number of esters is 1. The maximum atomic E-state index is 12.2. The zero-order chi connectivity index (χ0) is 18.4. The Bertz CT molecular complexity index is 774. The number of hydrogen-bond donors (Lipinski definition) is 0. The summed E-state index contributed by atoms with van der Waals surface area (Å²) < 4.78 is 10.4. The van der Waals surface area contributed by atoms with Gasteiger partial charge in [0.15, 0.2) is 6.61 Å². The second kappa shape index (κ2) is 8.38. The first kappa shape index (κ1) is 17.8. The van der Waals surface area contributed by atoms with Gasteiger partial charge in [0.25, 0.3) is 5.91 Å². The van der Waals surface area contributed by atoms with Crippen LogP contribution < -0.4 is 4.90 Å². The van der Waals surface area contributed by atoms with Gasteiger partial charge in [-0.15, -0.1) is 0 Å². The maximum Gasteiger partial charge on any atom is 0.331 e. The number of carbonyl (C=O) groups excluding carboxylic acids is 2. The molecule has 2 heterocycles. The van der Waals surface area contributed by atoms with Crippen LogP contribution in [0.25, 0.3) is 6.08 Å². The number of hydrogen-bond acceptors (Lipinski definition) is 5. The number of nitrogens with zero attached hydrogens (tertiary/aromatic N) is 2. The van der Waals surface area contributed by atoms with Gasteiger partial charge in [-0.3, -0.25) is 4.79 Å². The highest BCUT2D eigenvalue weighted by Crippen LogP contribution is 2.15. The minimum absolute atomic E-state index is 0.173. The van der Waals surface area contributed by atoms with Crippen molar-refractivity contribution >= 4 is 23.6 Å². The van der Waals surface area contributed by atoms with Crippen molar-refractivity contribution in [3.63, 3.8) is 0 Å². The van der Waals surface area contributed by atoms with Crippen LogP contribution in [0.5, 0.6) is 0 Å². The molecule has 0 N–H and O–H groups in total. The molecule has 0 spiro atoms. The molecular weight excluding hydrogens is 332 g/mol. The van der Waals surface area contributed by atoms with E-state index in [2.05, 4.69) is 17.0 Å². The number of piperazine rings is 1. The molecule has 0 radical (unpaired) electrons. The summed E-state index contributed by atoms with van der Waals surface area (Å²) in [5.74, 6) is 0.606. The minimum atomic E-state index is -0.560. The van der Waals surface area contributed by atoms with Crippen molar-refractivity contribution in [3.05, 3.63) is 60.1 Å². The summed E-state index contributed by atoms with van der Waals surface area (Å²) in [6, 6.07) is 13.7. The Hall–Kier alpha value is -3.02. The zero-order valence-corrected chi connectivity index (χ0v) is 14.8. The van der Waals surface area contributed by atoms with Gasteiger partial charge >= 0.3 is 5.97 Å². The van der Waals surface area contributed by atoms with Crippen molar-refractivity contribution < 1.29 is 18.7 Å². The van der Waals surface area contributed by atoms with Crippen molar-refractivity contribution in [2.24, 2.45) is 0 Å². The van der Waals surface area contributed by atoms with Crippen LogP contribution in [0.15, 0.2) is 53.0 Å². The van der Waals surface area contributed by atoms with Crippen LogP contribution in [0, 0.1) is 6.92 Å². The summed E-state index contributed by atoms with van der Waals surface area (Å²) in [5.41, 5.74) is 1.16. The van der Waals surface area contributed by atoms with E-state index in [4.69, 9.17) is 9.15 Å². The molecule has 3 rings (SSSR count). The predicted octanol–water partition coefficient (Wildman–Crippen LogP) is 2.49. The molecule has 0 aliphatic carbocycles. The van der Waals surface area contributed by atoms with E-state index in [0.717, 1.165) is 24.5 Å². The van der Waals surface area contributed by atoms with E-state index in [0.29, 0.717) is 18.8 Å². The Morgan fingerprint density at radius 3 is 2.46 bits per heavy atom. The molecule has 1 aromatic carbocycles. The normalized spacial score (nSPS) is 14.7. The molecule has 1 aromatic heterocycles. The second-order valence-electron chi connectivity index (χ2n) is 6.09. The van der Waals surface area contributed by atoms with E-state index in [1.807, 2.05) is 31.2 Å². The second-order valence-corrected chi connectivity index (χ2v) is 6.09. The molecule has 1 aliphatic heterocycles. The molecular formula is C20H22N2O4. The number of para-hydroxylation sites is 1. The summed E-state index contributed by atoms with van der Waals surface area (Å²) in [6.45, 7) is 4.35. The summed E-state index contributed by atoms with van der Waals surface area (Å²) in [7, 11) is 0. The highest BCUT2D eigenvalue weighted by Gasteiger charge is 2.21. The third-order valence-electron chi connectivity index (χ3n) is 4.24. The maximum absolute atomic E-state index is 12.2. The number of benzene rings is 1. The van der Waals surface area contributed by atoms with Crippen LogP contribution in [-0.2, 0) is 14.3 Å². The molecule has 1 saturated heterocycles. The van der Waals surface area contributed by atoms with Crippen molar-refractivity contribution in [2.45, 2.75) is 6.92 Å². The predicted molar refractivity (Wildman–Crippen MR) is 98.7 cm³/mol. The molecule has 0 bridgehead atoms.